The summed E-state index contributed by atoms with van der Waals surface area (Å²) in [4.78, 5) is 35.6. The van der Waals surface area contributed by atoms with Crippen LogP contribution in [0.2, 0.25) is 0 Å². The predicted octanol–water partition coefficient (Wildman–Crippen LogP) is 4.09. The van der Waals surface area contributed by atoms with E-state index in [1.807, 2.05) is 13.8 Å². The molecule has 0 spiro atoms. The number of halogens is 5. The molecule has 1 aromatic heterocycles. The minimum atomic E-state index is -4.94. The lowest BCUT2D eigenvalue weighted by Crippen LogP contribution is -2.62. The van der Waals surface area contributed by atoms with E-state index in [2.05, 4.69) is 20.0 Å². The number of nitrogens with one attached hydrogen (secondary N) is 1. The Morgan fingerprint density at radius 1 is 1.22 bits per heavy atom. The molecule has 3 rings (SSSR count). The molecular weight excluding hydrogens is 508 g/mol. The lowest BCUT2D eigenvalue weighted by molar-refractivity contribution is -0.274. The van der Waals surface area contributed by atoms with Gasteiger partial charge in [0.15, 0.2) is 5.54 Å². The van der Waals surface area contributed by atoms with E-state index in [-0.39, 0.29) is 17.3 Å². The zero-order valence-corrected chi connectivity index (χ0v) is 20.4. The second-order valence-corrected chi connectivity index (χ2v) is 9.45. The van der Waals surface area contributed by atoms with Crippen LogP contribution in [0.4, 0.5) is 23.2 Å². The van der Waals surface area contributed by atoms with Crippen molar-refractivity contribution >= 4 is 29.1 Å². The van der Waals surface area contributed by atoms with Crippen molar-refractivity contribution in [2.45, 2.75) is 50.8 Å². The van der Waals surface area contributed by atoms with Crippen molar-refractivity contribution in [2.75, 3.05) is 18.1 Å². The molecule has 0 aliphatic carbocycles. The minimum absolute atomic E-state index is 0.106. The normalized spacial score (nSPS) is 20.1. The Balaban J connectivity index is 2.10. The van der Waals surface area contributed by atoms with Gasteiger partial charge in [0, 0.05) is 41.7 Å². The van der Waals surface area contributed by atoms with Crippen molar-refractivity contribution in [1.82, 2.24) is 15.3 Å². The average Bonchev–Trinajstić information content (AvgIpc) is 2.80. The van der Waals surface area contributed by atoms with Crippen LogP contribution in [0.3, 0.4) is 0 Å². The molecule has 13 heteroatoms. The molecule has 1 N–H and O–H groups in total. The maximum absolute atomic E-state index is 14.2. The summed E-state index contributed by atoms with van der Waals surface area (Å²) in [5.74, 6) is -2.58. The zero-order chi connectivity index (χ0) is 26.7. The van der Waals surface area contributed by atoms with Gasteiger partial charge in [0.25, 0.3) is 17.4 Å². The molecule has 0 unspecified atom stereocenters. The maximum Gasteiger partial charge on any atom is 0.573 e. The first-order chi connectivity index (χ1) is 16.8. The van der Waals surface area contributed by atoms with Gasteiger partial charge in [0.05, 0.1) is 6.61 Å². The molecule has 0 radical (unpaired) electrons. The highest BCUT2D eigenvalue weighted by Gasteiger charge is 2.49. The van der Waals surface area contributed by atoms with Crippen molar-refractivity contribution in [2.24, 2.45) is 5.41 Å². The second-order valence-electron chi connectivity index (χ2n) is 9.07. The van der Waals surface area contributed by atoms with E-state index in [0.717, 1.165) is 29.2 Å². The van der Waals surface area contributed by atoms with Crippen LogP contribution >= 0.6 is 11.6 Å². The molecule has 1 fully saturated rings. The largest absolute Gasteiger partial charge is 0.573 e. The van der Waals surface area contributed by atoms with Crippen LogP contribution in [0.5, 0.6) is 5.75 Å². The van der Waals surface area contributed by atoms with Crippen LogP contribution in [0, 0.1) is 5.41 Å². The van der Waals surface area contributed by atoms with E-state index in [9.17, 15) is 27.2 Å². The molecular formula is C23H25ClF4N4O4. The van der Waals surface area contributed by atoms with Gasteiger partial charge in [-0.2, -0.15) is 0 Å². The monoisotopic (exact) mass is 532 g/mol. The van der Waals surface area contributed by atoms with E-state index in [1.165, 1.54) is 25.6 Å². The maximum atomic E-state index is 14.2. The first kappa shape index (κ1) is 27.6. The molecule has 196 valence electrons. The summed E-state index contributed by atoms with van der Waals surface area (Å²) in [7, 11) is 0. The summed E-state index contributed by atoms with van der Waals surface area (Å²) >= 11 is 5.52. The number of hydrogen-bond acceptors (Lipinski definition) is 6. The molecule has 0 saturated carbocycles. The molecule has 3 atom stereocenters. The smallest absolute Gasteiger partial charge is 0.406 e. The summed E-state index contributed by atoms with van der Waals surface area (Å²) in [6.45, 7) is 5.93. The van der Waals surface area contributed by atoms with E-state index in [4.69, 9.17) is 16.3 Å². The van der Waals surface area contributed by atoms with E-state index >= 15 is 0 Å². The number of benzene rings is 1. The fourth-order valence-electron chi connectivity index (χ4n) is 4.01. The van der Waals surface area contributed by atoms with Gasteiger partial charge in [-0.1, -0.05) is 25.4 Å². The summed E-state index contributed by atoms with van der Waals surface area (Å²) in [6, 6.07) is 3.69. The van der Waals surface area contributed by atoms with Crippen molar-refractivity contribution in [3.05, 3.63) is 48.5 Å². The Morgan fingerprint density at radius 3 is 2.36 bits per heavy atom. The van der Waals surface area contributed by atoms with Gasteiger partial charge < -0.3 is 14.8 Å². The molecule has 36 heavy (non-hydrogen) atoms. The third kappa shape index (κ3) is 6.04. The van der Waals surface area contributed by atoms with Gasteiger partial charge >= 0.3 is 6.36 Å². The number of alkyl halides is 5. The highest BCUT2D eigenvalue weighted by Crippen LogP contribution is 2.37. The average molecular weight is 533 g/mol. The first-order valence-corrected chi connectivity index (χ1v) is 11.3. The predicted molar refractivity (Wildman–Crippen MR) is 122 cm³/mol. The number of carbonyl (C=O) groups is 2. The Labute approximate surface area is 209 Å². The molecule has 8 nitrogen and oxygen atoms in total. The standard InChI is InChI=1S/C23H25ClF4N4O4/c1-21(2)12-35-9-8-17(21)31-20(34)22(3,14-10-29-13-30-11-14)32(19(33)18(24)25)15-4-6-16(7-5-15)36-23(26,27)28/h4-7,10-11,13,17-18H,8-9,12H2,1-3H3,(H,31,34)/t17-,18+,22-/m1/s1. The molecule has 0 bridgehead atoms. The number of aromatic nitrogens is 2. The number of rotatable bonds is 7. The summed E-state index contributed by atoms with van der Waals surface area (Å²) in [5.41, 5.74) is -4.95. The Kier molecular flexibility index (Phi) is 8.09. The number of anilines is 1. The van der Waals surface area contributed by atoms with Gasteiger partial charge in [-0.3, -0.25) is 14.5 Å². The van der Waals surface area contributed by atoms with E-state index in [1.54, 1.807) is 0 Å². The van der Waals surface area contributed by atoms with Crippen molar-refractivity contribution in [3.63, 3.8) is 0 Å². The first-order valence-electron chi connectivity index (χ1n) is 10.9. The third-order valence-electron chi connectivity index (χ3n) is 6.02. The van der Waals surface area contributed by atoms with Gasteiger partial charge in [0.1, 0.15) is 12.1 Å². The number of ether oxygens (including phenoxy) is 2. The number of hydrogen-bond donors (Lipinski definition) is 1. The molecule has 1 saturated heterocycles. The van der Waals surface area contributed by atoms with Crippen LogP contribution in [-0.4, -0.2) is 53.0 Å². The van der Waals surface area contributed by atoms with Crippen LogP contribution in [-0.2, 0) is 19.9 Å². The molecule has 1 aliphatic heterocycles. The Bertz CT molecular complexity index is 1070. The fourth-order valence-corrected chi connectivity index (χ4v) is 4.10. The summed E-state index contributed by atoms with van der Waals surface area (Å²) < 4.78 is 61.4. The highest BCUT2D eigenvalue weighted by atomic mass is 35.5. The Morgan fingerprint density at radius 2 is 1.83 bits per heavy atom. The second kappa shape index (κ2) is 10.6. The Hall–Kier alpha value is -2.99. The van der Waals surface area contributed by atoms with E-state index in [0.29, 0.717) is 19.6 Å². The van der Waals surface area contributed by atoms with Crippen molar-refractivity contribution in [3.8, 4) is 5.75 Å². The third-order valence-corrected chi connectivity index (χ3v) is 6.21. The SMILES string of the molecule is CC1(C)COCC[C@H]1NC(=O)[C@@](C)(c1cncnc1)N(C(=O)[C@H](F)Cl)c1ccc(OC(F)(F)F)cc1. The van der Waals surface area contributed by atoms with Crippen LogP contribution in [0.25, 0.3) is 0 Å². The number of nitrogens with zero attached hydrogens (tertiary/aromatic N) is 3. The van der Waals surface area contributed by atoms with E-state index < -0.39 is 40.5 Å². The van der Waals surface area contributed by atoms with Gasteiger partial charge in [0.2, 0.25) is 0 Å². The zero-order valence-electron chi connectivity index (χ0n) is 19.7. The van der Waals surface area contributed by atoms with Gasteiger partial charge in [-0.05, 0) is 37.6 Å². The lowest BCUT2D eigenvalue weighted by Gasteiger charge is -2.44. The van der Waals surface area contributed by atoms with Gasteiger partial charge in [-0.25, -0.2) is 14.4 Å². The molecule has 1 aliphatic rings. The fraction of sp³-hybridized carbons (Fsp3) is 0.478. The number of carbonyl (C=O) groups excluding carboxylic acids is 2. The van der Waals surface area contributed by atoms with Crippen molar-refractivity contribution < 1.29 is 36.6 Å². The summed E-state index contributed by atoms with van der Waals surface area (Å²) in [6.07, 6.45) is -0.685. The molecule has 2 amide bonds. The lowest BCUT2D eigenvalue weighted by atomic mass is 9.80. The van der Waals surface area contributed by atoms with Gasteiger partial charge in [-0.15, -0.1) is 13.2 Å². The summed E-state index contributed by atoms with van der Waals surface area (Å²) in [5, 5.41) is 2.93. The van der Waals surface area contributed by atoms with Crippen molar-refractivity contribution in [1.29, 1.82) is 0 Å². The minimum Gasteiger partial charge on any atom is -0.406 e. The molecule has 1 aromatic carbocycles. The van der Waals surface area contributed by atoms with Crippen LogP contribution in [0.1, 0.15) is 32.8 Å². The van der Waals surface area contributed by atoms with Crippen LogP contribution < -0.4 is 15.0 Å². The quantitative estimate of drug-likeness (QED) is 0.426. The van der Waals surface area contributed by atoms with Crippen LogP contribution in [0.15, 0.2) is 43.0 Å². The molecule has 2 aromatic rings. The number of amides is 2. The topological polar surface area (TPSA) is 93.6 Å². The molecule has 2 heterocycles. The highest BCUT2D eigenvalue weighted by molar-refractivity contribution is 6.32.